The molecule has 1 nitrogen and oxygen atoms in total. The number of halogens is 1. The largest absolute Gasteiger partial charge is 0.309 e. The zero-order valence-corrected chi connectivity index (χ0v) is 11.8. The summed E-state index contributed by atoms with van der Waals surface area (Å²) >= 11 is 7.19. The second kappa shape index (κ2) is 6.88. The number of hydrogen-bond acceptors (Lipinski definition) is 3. The van der Waals surface area contributed by atoms with E-state index in [-0.39, 0.29) is 0 Å². The van der Waals surface area contributed by atoms with E-state index in [1.54, 1.807) is 11.3 Å². The fourth-order valence-corrected chi connectivity index (χ4v) is 3.10. The summed E-state index contributed by atoms with van der Waals surface area (Å²) in [4.78, 5) is 1.40. The van der Waals surface area contributed by atoms with Gasteiger partial charge in [0.15, 0.2) is 0 Å². The third kappa shape index (κ3) is 4.34. The van der Waals surface area contributed by atoms with Crippen molar-refractivity contribution in [2.24, 2.45) is 0 Å². The van der Waals surface area contributed by atoms with Crippen LogP contribution in [0.5, 0.6) is 0 Å². The summed E-state index contributed by atoms with van der Waals surface area (Å²) in [6.07, 6.45) is 3.40. The summed E-state index contributed by atoms with van der Waals surface area (Å²) in [5.41, 5.74) is 0. The SMILES string of the molecule is CSCCCNC(C)c1cc(Br)cs1. The van der Waals surface area contributed by atoms with Crippen LogP contribution in [0.25, 0.3) is 0 Å². The maximum Gasteiger partial charge on any atom is 0.0386 e. The summed E-state index contributed by atoms with van der Waals surface area (Å²) in [7, 11) is 0. The monoisotopic (exact) mass is 293 g/mol. The second-order valence-electron chi connectivity index (χ2n) is 3.19. The van der Waals surface area contributed by atoms with E-state index in [0.717, 1.165) is 6.54 Å². The van der Waals surface area contributed by atoms with E-state index in [9.17, 15) is 0 Å². The fraction of sp³-hybridized carbons (Fsp3) is 0.600. The number of thioether (sulfide) groups is 1. The molecule has 80 valence electrons. The van der Waals surface area contributed by atoms with Crippen molar-refractivity contribution in [3.63, 3.8) is 0 Å². The Kier molecular flexibility index (Phi) is 6.17. The molecule has 1 atom stereocenters. The molecular formula is C10H16BrNS2. The normalized spacial score (nSPS) is 13.1. The lowest BCUT2D eigenvalue weighted by atomic mass is 10.2. The van der Waals surface area contributed by atoms with Gasteiger partial charge in [0.05, 0.1) is 0 Å². The van der Waals surface area contributed by atoms with Crippen molar-refractivity contribution in [2.45, 2.75) is 19.4 Å². The summed E-state index contributed by atoms with van der Waals surface area (Å²) < 4.78 is 1.19. The number of thiophene rings is 1. The zero-order chi connectivity index (χ0) is 10.4. The molecule has 14 heavy (non-hydrogen) atoms. The first kappa shape index (κ1) is 12.6. The van der Waals surface area contributed by atoms with Gasteiger partial charge in [-0.2, -0.15) is 11.8 Å². The van der Waals surface area contributed by atoms with Crippen LogP contribution in [0.15, 0.2) is 15.9 Å². The predicted molar refractivity (Wildman–Crippen MR) is 71.4 cm³/mol. The van der Waals surface area contributed by atoms with Crippen molar-refractivity contribution >= 4 is 39.0 Å². The Labute approximate surface area is 103 Å². The van der Waals surface area contributed by atoms with Gasteiger partial charge in [0, 0.05) is 20.8 Å². The molecule has 0 aromatic carbocycles. The Bertz CT molecular complexity index is 262. The van der Waals surface area contributed by atoms with E-state index < -0.39 is 0 Å². The third-order valence-electron chi connectivity index (χ3n) is 1.99. The van der Waals surface area contributed by atoms with Gasteiger partial charge in [0.25, 0.3) is 0 Å². The molecular weight excluding hydrogens is 278 g/mol. The Morgan fingerprint density at radius 1 is 1.64 bits per heavy atom. The fourth-order valence-electron chi connectivity index (χ4n) is 1.19. The highest BCUT2D eigenvalue weighted by Gasteiger charge is 2.06. The lowest BCUT2D eigenvalue weighted by molar-refractivity contribution is 0.580. The maximum absolute atomic E-state index is 3.52. The van der Waals surface area contributed by atoms with Crippen LogP contribution in [-0.4, -0.2) is 18.6 Å². The number of nitrogens with one attached hydrogen (secondary N) is 1. The Balaban J connectivity index is 2.25. The van der Waals surface area contributed by atoms with Crippen LogP contribution in [0.3, 0.4) is 0 Å². The van der Waals surface area contributed by atoms with Crippen molar-refractivity contribution in [3.8, 4) is 0 Å². The average Bonchev–Trinajstić information content (AvgIpc) is 2.59. The summed E-state index contributed by atoms with van der Waals surface area (Å²) in [6, 6.07) is 2.67. The smallest absolute Gasteiger partial charge is 0.0386 e. The minimum absolute atomic E-state index is 0.480. The maximum atomic E-state index is 3.52. The van der Waals surface area contributed by atoms with Crippen LogP contribution < -0.4 is 5.32 Å². The van der Waals surface area contributed by atoms with E-state index in [0.29, 0.717) is 6.04 Å². The quantitative estimate of drug-likeness (QED) is 0.798. The highest BCUT2D eigenvalue weighted by molar-refractivity contribution is 9.10. The first-order valence-electron chi connectivity index (χ1n) is 4.70. The molecule has 0 aliphatic rings. The van der Waals surface area contributed by atoms with Gasteiger partial charge >= 0.3 is 0 Å². The first-order chi connectivity index (χ1) is 6.74. The van der Waals surface area contributed by atoms with Crippen LogP contribution in [0.2, 0.25) is 0 Å². The van der Waals surface area contributed by atoms with Crippen LogP contribution in [0.1, 0.15) is 24.3 Å². The zero-order valence-electron chi connectivity index (χ0n) is 8.55. The molecule has 1 aromatic heterocycles. The highest BCUT2D eigenvalue weighted by Crippen LogP contribution is 2.25. The van der Waals surface area contributed by atoms with E-state index in [1.165, 1.54) is 21.5 Å². The van der Waals surface area contributed by atoms with Gasteiger partial charge in [-0.15, -0.1) is 11.3 Å². The molecule has 1 aromatic rings. The van der Waals surface area contributed by atoms with Crippen molar-refractivity contribution in [1.82, 2.24) is 5.32 Å². The lowest BCUT2D eigenvalue weighted by Crippen LogP contribution is -2.19. The minimum Gasteiger partial charge on any atom is -0.309 e. The van der Waals surface area contributed by atoms with E-state index in [1.807, 2.05) is 11.8 Å². The van der Waals surface area contributed by atoms with Gasteiger partial charge in [0.1, 0.15) is 0 Å². The number of hydrogen-bond donors (Lipinski definition) is 1. The van der Waals surface area contributed by atoms with Crippen molar-refractivity contribution < 1.29 is 0 Å². The molecule has 0 spiro atoms. The van der Waals surface area contributed by atoms with E-state index in [4.69, 9.17) is 0 Å². The second-order valence-corrected chi connectivity index (χ2v) is 6.03. The van der Waals surface area contributed by atoms with Crippen LogP contribution in [0.4, 0.5) is 0 Å². The molecule has 0 saturated carbocycles. The molecule has 1 heterocycles. The summed E-state index contributed by atoms with van der Waals surface area (Å²) in [5, 5.41) is 5.66. The van der Waals surface area contributed by atoms with E-state index in [2.05, 4.69) is 45.9 Å². The Morgan fingerprint density at radius 2 is 2.43 bits per heavy atom. The predicted octanol–water partition coefficient (Wildman–Crippen LogP) is 3.91. The van der Waals surface area contributed by atoms with Crippen LogP contribution in [0, 0.1) is 0 Å². The van der Waals surface area contributed by atoms with Gasteiger partial charge in [-0.3, -0.25) is 0 Å². The molecule has 0 amide bonds. The topological polar surface area (TPSA) is 12.0 Å². The molecule has 0 saturated heterocycles. The van der Waals surface area contributed by atoms with Gasteiger partial charge in [-0.1, -0.05) is 0 Å². The third-order valence-corrected chi connectivity index (χ3v) is 4.56. The molecule has 1 rings (SSSR count). The molecule has 0 aliphatic heterocycles. The van der Waals surface area contributed by atoms with Crippen LogP contribution in [-0.2, 0) is 0 Å². The summed E-state index contributed by atoms with van der Waals surface area (Å²) in [6.45, 7) is 3.33. The number of rotatable bonds is 6. The molecule has 0 bridgehead atoms. The van der Waals surface area contributed by atoms with Gasteiger partial charge in [-0.05, 0) is 53.9 Å². The highest BCUT2D eigenvalue weighted by atomic mass is 79.9. The molecule has 4 heteroatoms. The van der Waals surface area contributed by atoms with Crippen molar-refractivity contribution in [1.29, 1.82) is 0 Å². The lowest BCUT2D eigenvalue weighted by Gasteiger charge is -2.11. The van der Waals surface area contributed by atoms with E-state index >= 15 is 0 Å². The summed E-state index contributed by atoms with van der Waals surface area (Å²) in [5.74, 6) is 1.24. The van der Waals surface area contributed by atoms with Gasteiger partial charge < -0.3 is 5.32 Å². The first-order valence-corrected chi connectivity index (χ1v) is 7.77. The van der Waals surface area contributed by atoms with Crippen LogP contribution >= 0.6 is 39.0 Å². The Morgan fingerprint density at radius 3 is 3.00 bits per heavy atom. The standard InChI is InChI=1S/C10H16BrNS2/c1-8(12-4-3-5-13-2)10-6-9(11)7-14-10/h6-8,12H,3-5H2,1-2H3. The molecule has 0 fully saturated rings. The van der Waals surface area contributed by atoms with Crippen molar-refractivity contribution in [2.75, 3.05) is 18.6 Å². The average molecular weight is 294 g/mol. The molecule has 0 radical (unpaired) electrons. The molecule has 1 unspecified atom stereocenters. The molecule has 0 aliphatic carbocycles. The minimum atomic E-state index is 0.480. The molecule has 1 N–H and O–H groups in total. The van der Waals surface area contributed by atoms with Gasteiger partial charge in [-0.25, -0.2) is 0 Å². The van der Waals surface area contributed by atoms with Crippen molar-refractivity contribution in [3.05, 3.63) is 20.8 Å². The van der Waals surface area contributed by atoms with Gasteiger partial charge in [0.2, 0.25) is 0 Å². The Hall–Kier alpha value is 0.490.